The smallest absolute Gasteiger partial charge is 0.207 e. The Morgan fingerprint density at radius 2 is 2.06 bits per heavy atom. The van der Waals surface area contributed by atoms with Gasteiger partial charge in [-0.15, -0.1) is 0 Å². The molecule has 0 aromatic heterocycles. The lowest BCUT2D eigenvalue weighted by Crippen LogP contribution is -2.36. The van der Waals surface area contributed by atoms with Crippen LogP contribution in [0.1, 0.15) is 13.3 Å². The minimum atomic E-state index is -4.03. The third-order valence-electron chi connectivity index (χ3n) is 2.18. The highest BCUT2D eigenvalue weighted by Crippen LogP contribution is 2.16. The van der Waals surface area contributed by atoms with Gasteiger partial charge in [0.25, 0.3) is 0 Å². The van der Waals surface area contributed by atoms with Crippen LogP contribution < -0.4 is 4.72 Å². The summed E-state index contributed by atoms with van der Waals surface area (Å²) < 4.78 is 52.1. The zero-order chi connectivity index (χ0) is 13.1. The van der Waals surface area contributed by atoms with Gasteiger partial charge in [-0.3, -0.25) is 0 Å². The summed E-state index contributed by atoms with van der Waals surface area (Å²) in [5.74, 6) is -1.76. The van der Waals surface area contributed by atoms with Crippen LogP contribution in [0.5, 0.6) is 0 Å². The monoisotopic (exact) mass is 327 g/mol. The molecular formula is C10H12BrF2NO2S. The van der Waals surface area contributed by atoms with E-state index in [1.54, 1.807) is 6.92 Å². The van der Waals surface area contributed by atoms with E-state index < -0.39 is 26.6 Å². The van der Waals surface area contributed by atoms with Crippen molar-refractivity contribution >= 4 is 26.0 Å². The van der Waals surface area contributed by atoms with Crippen LogP contribution in [0.2, 0.25) is 0 Å². The van der Waals surface area contributed by atoms with Gasteiger partial charge in [-0.1, -0.05) is 22.9 Å². The first-order valence-electron chi connectivity index (χ1n) is 4.94. The van der Waals surface area contributed by atoms with Crippen LogP contribution in [0, 0.1) is 11.6 Å². The van der Waals surface area contributed by atoms with E-state index in [0.29, 0.717) is 17.8 Å². The lowest BCUT2D eigenvalue weighted by molar-refractivity contribution is 0.534. The average molecular weight is 328 g/mol. The Hall–Kier alpha value is -0.530. The van der Waals surface area contributed by atoms with E-state index in [-0.39, 0.29) is 6.04 Å². The van der Waals surface area contributed by atoms with E-state index >= 15 is 0 Å². The van der Waals surface area contributed by atoms with Crippen molar-refractivity contribution in [2.75, 3.05) is 5.33 Å². The minimum absolute atomic E-state index is 0.359. The van der Waals surface area contributed by atoms with Gasteiger partial charge in [0, 0.05) is 11.4 Å². The third kappa shape index (κ3) is 3.72. The quantitative estimate of drug-likeness (QED) is 0.844. The number of benzene rings is 1. The SMILES string of the molecule is CCC(CBr)NS(=O)(=O)c1cc(F)ccc1F. The molecule has 3 nitrogen and oxygen atoms in total. The van der Waals surface area contributed by atoms with Crippen molar-refractivity contribution in [3.05, 3.63) is 29.8 Å². The largest absolute Gasteiger partial charge is 0.243 e. The molecule has 1 atom stereocenters. The zero-order valence-electron chi connectivity index (χ0n) is 9.08. The second-order valence-corrected chi connectivity index (χ2v) is 5.79. The lowest BCUT2D eigenvalue weighted by Gasteiger charge is -2.14. The third-order valence-corrected chi connectivity index (χ3v) is 4.50. The van der Waals surface area contributed by atoms with E-state index in [1.807, 2.05) is 0 Å². The van der Waals surface area contributed by atoms with Crippen LogP contribution >= 0.6 is 15.9 Å². The molecule has 0 aliphatic heterocycles. The van der Waals surface area contributed by atoms with Crippen LogP contribution in [0.4, 0.5) is 8.78 Å². The molecule has 0 heterocycles. The van der Waals surface area contributed by atoms with Gasteiger partial charge in [-0.25, -0.2) is 21.9 Å². The first-order valence-corrected chi connectivity index (χ1v) is 7.54. The van der Waals surface area contributed by atoms with Crippen molar-refractivity contribution in [1.82, 2.24) is 4.72 Å². The molecule has 0 aliphatic rings. The highest BCUT2D eigenvalue weighted by Gasteiger charge is 2.22. The molecule has 1 aromatic rings. The van der Waals surface area contributed by atoms with Crippen molar-refractivity contribution in [3.63, 3.8) is 0 Å². The van der Waals surface area contributed by atoms with Gasteiger partial charge in [0.2, 0.25) is 10.0 Å². The topological polar surface area (TPSA) is 46.2 Å². The lowest BCUT2D eigenvalue weighted by atomic mass is 10.3. The molecule has 0 amide bonds. The molecule has 0 radical (unpaired) electrons. The van der Waals surface area contributed by atoms with Crippen LogP contribution in [0.3, 0.4) is 0 Å². The van der Waals surface area contributed by atoms with E-state index in [9.17, 15) is 17.2 Å². The van der Waals surface area contributed by atoms with Gasteiger partial charge in [-0.05, 0) is 24.6 Å². The highest BCUT2D eigenvalue weighted by atomic mass is 79.9. The number of hydrogen-bond acceptors (Lipinski definition) is 2. The molecule has 1 aromatic carbocycles. The van der Waals surface area contributed by atoms with Gasteiger partial charge < -0.3 is 0 Å². The van der Waals surface area contributed by atoms with Crippen molar-refractivity contribution in [3.8, 4) is 0 Å². The molecule has 17 heavy (non-hydrogen) atoms. The Bertz CT molecular complexity index is 489. The van der Waals surface area contributed by atoms with Crippen molar-refractivity contribution in [2.45, 2.75) is 24.3 Å². The number of nitrogens with one attached hydrogen (secondary N) is 1. The summed E-state index contributed by atoms with van der Waals surface area (Å²) in [7, 11) is -4.03. The Balaban J connectivity index is 3.09. The predicted molar refractivity (Wildman–Crippen MR) is 64.6 cm³/mol. The fraction of sp³-hybridized carbons (Fsp3) is 0.400. The standard InChI is InChI=1S/C10H12BrF2NO2S/c1-2-8(6-11)14-17(15,16)10-5-7(12)3-4-9(10)13/h3-5,8,14H,2,6H2,1H3. The van der Waals surface area contributed by atoms with E-state index in [0.717, 1.165) is 12.1 Å². The Morgan fingerprint density at radius 3 is 2.59 bits per heavy atom. The van der Waals surface area contributed by atoms with Crippen LogP contribution in [-0.2, 0) is 10.0 Å². The number of alkyl halides is 1. The Kier molecular flexibility index (Phi) is 5.03. The predicted octanol–water partition coefficient (Wildman–Crippen LogP) is 2.42. The number of sulfonamides is 1. The molecule has 7 heteroatoms. The van der Waals surface area contributed by atoms with Crippen molar-refractivity contribution < 1.29 is 17.2 Å². The second-order valence-electron chi connectivity index (χ2n) is 3.46. The highest BCUT2D eigenvalue weighted by molar-refractivity contribution is 9.09. The normalized spacial score (nSPS) is 13.6. The zero-order valence-corrected chi connectivity index (χ0v) is 11.5. The maximum Gasteiger partial charge on any atom is 0.243 e. The molecule has 1 N–H and O–H groups in total. The maximum absolute atomic E-state index is 13.3. The van der Waals surface area contributed by atoms with Gasteiger partial charge in [0.05, 0.1) is 0 Å². The Labute approximate surface area is 107 Å². The summed E-state index contributed by atoms with van der Waals surface area (Å²) in [5.41, 5.74) is 0. The molecule has 0 bridgehead atoms. The molecular weight excluding hydrogens is 316 g/mol. The fourth-order valence-electron chi connectivity index (χ4n) is 1.19. The molecule has 0 saturated heterocycles. The molecule has 0 saturated carbocycles. The van der Waals surface area contributed by atoms with Gasteiger partial charge in [0.1, 0.15) is 16.5 Å². The van der Waals surface area contributed by atoms with Gasteiger partial charge in [0.15, 0.2) is 0 Å². The first kappa shape index (κ1) is 14.5. The van der Waals surface area contributed by atoms with Gasteiger partial charge >= 0.3 is 0 Å². The van der Waals surface area contributed by atoms with Crippen LogP contribution in [0.15, 0.2) is 23.1 Å². The van der Waals surface area contributed by atoms with Crippen LogP contribution in [-0.4, -0.2) is 19.8 Å². The molecule has 1 unspecified atom stereocenters. The molecule has 0 spiro atoms. The molecule has 96 valence electrons. The summed E-state index contributed by atoms with van der Waals surface area (Å²) in [6.45, 7) is 1.79. The fourth-order valence-corrected chi connectivity index (χ4v) is 3.43. The van der Waals surface area contributed by atoms with E-state index in [4.69, 9.17) is 0 Å². The molecule has 1 rings (SSSR count). The number of rotatable bonds is 5. The summed E-state index contributed by atoms with van der Waals surface area (Å²) in [6, 6.07) is 1.97. The average Bonchev–Trinajstić information content (AvgIpc) is 2.29. The molecule has 0 fully saturated rings. The van der Waals surface area contributed by atoms with Crippen LogP contribution in [0.25, 0.3) is 0 Å². The summed E-state index contributed by atoms with van der Waals surface area (Å²) >= 11 is 3.14. The van der Waals surface area contributed by atoms with E-state index in [1.165, 1.54) is 0 Å². The maximum atomic E-state index is 13.3. The first-order chi connectivity index (χ1) is 7.90. The number of hydrogen-bond donors (Lipinski definition) is 1. The summed E-state index contributed by atoms with van der Waals surface area (Å²) in [4.78, 5) is -0.670. The van der Waals surface area contributed by atoms with Crippen molar-refractivity contribution in [1.29, 1.82) is 0 Å². The van der Waals surface area contributed by atoms with E-state index in [2.05, 4.69) is 20.7 Å². The second kappa shape index (κ2) is 5.88. The summed E-state index contributed by atoms with van der Waals surface area (Å²) in [5, 5.41) is 0.402. The Morgan fingerprint density at radius 1 is 1.41 bits per heavy atom. The summed E-state index contributed by atoms with van der Waals surface area (Å²) in [6.07, 6.45) is 0.543. The molecule has 0 aliphatic carbocycles. The van der Waals surface area contributed by atoms with Gasteiger partial charge in [-0.2, -0.15) is 0 Å². The van der Waals surface area contributed by atoms with Crippen molar-refractivity contribution in [2.24, 2.45) is 0 Å². The number of halogens is 3. The minimum Gasteiger partial charge on any atom is -0.207 e.